The minimum Gasteiger partial charge on any atom is -0.507 e. The topological polar surface area (TPSA) is 40.5 Å². The number of benzene rings is 3. The van der Waals surface area contributed by atoms with E-state index in [1.165, 1.54) is 27.6 Å². The molecule has 0 aliphatic carbocycles. The molecule has 0 aromatic heterocycles. The molecule has 3 heteroatoms. The second kappa shape index (κ2) is 9.98. The quantitative estimate of drug-likeness (QED) is 0.360. The highest BCUT2D eigenvalue weighted by atomic mass is 31.1. The number of aromatic hydroxyl groups is 2. The van der Waals surface area contributed by atoms with Crippen LogP contribution in [0.2, 0.25) is 0 Å². The van der Waals surface area contributed by atoms with Gasteiger partial charge in [-0.25, -0.2) is 0 Å². The van der Waals surface area contributed by atoms with E-state index in [4.69, 9.17) is 0 Å². The van der Waals surface area contributed by atoms with Crippen molar-refractivity contribution in [1.82, 2.24) is 0 Å². The molecule has 188 valence electrons. The summed E-state index contributed by atoms with van der Waals surface area (Å²) in [6, 6.07) is 18.7. The van der Waals surface area contributed by atoms with Gasteiger partial charge in [0.15, 0.2) is 0 Å². The molecule has 0 saturated heterocycles. The zero-order chi connectivity index (χ0) is 26.3. The standard InChI is InChI=1S/C32H43O2P/c1-20(2)24-12-11-13-25(21(3)4)30(24)35(28-18-22(31(5,6)7)14-16-26(28)33)29-19-23(32(8,9)10)15-17-27(29)34/h11-21,33-34H,1-10H3. The number of phenols is 2. The fourth-order valence-electron chi connectivity index (χ4n) is 4.48. The van der Waals surface area contributed by atoms with Gasteiger partial charge in [-0.15, -0.1) is 0 Å². The van der Waals surface area contributed by atoms with Crippen LogP contribution in [-0.2, 0) is 10.8 Å². The number of phenolic OH excluding ortho intramolecular Hbond substituents is 2. The van der Waals surface area contributed by atoms with E-state index in [9.17, 15) is 10.2 Å². The zero-order valence-electron chi connectivity index (χ0n) is 23.2. The maximum atomic E-state index is 11.3. The Hall–Kier alpha value is -2.31. The molecular weight excluding hydrogens is 447 g/mol. The molecule has 0 saturated carbocycles. The van der Waals surface area contributed by atoms with Gasteiger partial charge in [0.25, 0.3) is 0 Å². The van der Waals surface area contributed by atoms with Crippen molar-refractivity contribution in [3.05, 3.63) is 76.9 Å². The van der Waals surface area contributed by atoms with Crippen LogP contribution in [0, 0.1) is 0 Å². The summed E-state index contributed by atoms with van der Waals surface area (Å²) in [6.45, 7) is 22.1. The maximum absolute atomic E-state index is 11.3. The first-order valence-corrected chi connectivity index (χ1v) is 14.1. The summed E-state index contributed by atoms with van der Waals surface area (Å²) in [5, 5.41) is 25.7. The molecule has 3 aromatic rings. The third-order valence-corrected chi connectivity index (χ3v) is 9.37. The minimum atomic E-state index is -1.22. The van der Waals surface area contributed by atoms with Gasteiger partial charge < -0.3 is 10.2 Å². The van der Waals surface area contributed by atoms with E-state index in [1.54, 1.807) is 0 Å². The Kier molecular flexibility index (Phi) is 7.78. The van der Waals surface area contributed by atoms with Crippen LogP contribution in [0.4, 0.5) is 0 Å². The predicted octanol–water partition coefficient (Wildman–Crippen LogP) is 7.70. The van der Waals surface area contributed by atoms with E-state index in [0.29, 0.717) is 11.8 Å². The van der Waals surface area contributed by atoms with Crippen molar-refractivity contribution in [3.8, 4) is 11.5 Å². The van der Waals surface area contributed by atoms with Crippen LogP contribution < -0.4 is 15.9 Å². The van der Waals surface area contributed by atoms with Crippen LogP contribution in [0.25, 0.3) is 0 Å². The molecule has 0 heterocycles. The van der Waals surface area contributed by atoms with Crippen molar-refractivity contribution in [2.24, 2.45) is 0 Å². The summed E-state index contributed by atoms with van der Waals surface area (Å²) in [6.07, 6.45) is 0. The Bertz CT molecular complexity index is 1100. The van der Waals surface area contributed by atoms with Gasteiger partial charge >= 0.3 is 0 Å². The monoisotopic (exact) mass is 490 g/mol. The number of hydrogen-bond acceptors (Lipinski definition) is 2. The summed E-state index contributed by atoms with van der Waals surface area (Å²) in [7, 11) is -1.22. The van der Waals surface area contributed by atoms with Crippen molar-refractivity contribution < 1.29 is 10.2 Å². The smallest absolute Gasteiger partial charge is 0.123 e. The highest BCUT2D eigenvalue weighted by Gasteiger charge is 2.31. The molecule has 0 amide bonds. The van der Waals surface area contributed by atoms with Gasteiger partial charge in [0.2, 0.25) is 0 Å². The SMILES string of the molecule is CC(C)c1cccc(C(C)C)c1P(c1cc(C(C)(C)C)ccc1O)c1cc(C(C)(C)C)ccc1O. The van der Waals surface area contributed by atoms with E-state index in [0.717, 1.165) is 10.6 Å². The van der Waals surface area contributed by atoms with Crippen LogP contribution in [0.5, 0.6) is 11.5 Å². The lowest BCUT2D eigenvalue weighted by Gasteiger charge is -2.31. The van der Waals surface area contributed by atoms with Gasteiger partial charge in [-0.1, -0.05) is 99.6 Å². The van der Waals surface area contributed by atoms with Crippen molar-refractivity contribution in [2.75, 3.05) is 0 Å². The fraction of sp³-hybridized carbons (Fsp3) is 0.438. The highest BCUT2D eigenvalue weighted by molar-refractivity contribution is 7.80. The van der Waals surface area contributed by atoms with E-state index >= 15 is 0 Å². The largest absolute Gasteiger partial charge is 0.507 e. The molecule has 3 aromatic carbocycles. The summed E-state index contributed by atoms with van der Waals surface area (Å²) in [5.74, 6) is 1.21. The van der Waals surface area contributed by atoms with Gasteiger partial charge in [-0.05, 0) is 82.4 Å². The fourth-order valence-corrected chi connectivity index (χ4v) is 7.55. The van der Waals surface area contributed by atoms with E-state index in [-0.39, 0.29) is 22.3 Å². The first-order chi connectivity index (χ1) is 16.1. The van der Waals surface area contributed by atoms with Crippen LogP contribution in [-0.4, -0.2) is 10.2 Å². The molecule has 0 bridgehead atoms. The van der Waals surface area contributed by atoms with Gasteiger partial charge in [-0.2, -0.15) is 0 Å². The average Bonchev–Trinajstić information content (AvgIpc) is 2.74. The van der Waals surface area contributed by atoms with Crippen LogP contribution >= 0.6 is 7.92 Å². The molecule has 0 aliphatic rings. The molecule has 0 fully saturated rings. The molecule has 2 nitrogen and oxygen atoms in total. The molecule has 0 unspecified atom stereocenters. The van der Waals surface area contributed by atoms with Crippen LogP contribution in [0.1, 0.15) is 103 Å². The Labute approximate surface area is 214 Å². The lowest BCUT2D eigenvalue weighted by Crippen LogP contribution is -2.29. The van der Waals surface area contributed by atoms with E-state index in [2.05, 4.69) is 99.6 Å². The van der Waals surface area contributed by atoms with Gasteiger partial charge in [0, 0.05) is 10.6 Å². The third kappa shape index (κ3) is 5.75. The van der Waals surface area contributed by atoms with Gasteiger partial charge in [0.1, 0.15) is 11.5 Å². The molecule has 3 rings (SSSR count). The van der Waals surface area contributed by atoms with Crippen molar-refractivity contribution >= 4 is 23.8 Å². The third-order valence-electron chi connectivity index (χ3n) is 6.73. The minimum absolute atomic E-state index is 0.0583. The second-order valence-electron chi connectivity index (χ2n) is 12.3. The van der Waals surface area contributed by atoms with Crippen molar-refractivity contribution in [2.45, 2.75) is 91.9 Å². The second-order valence-corrected chi connectivity index (χ2v) is 14.4. The first kappa shape index (κ1) is 27.3. The summed E-state index contributed by atoms with van der Waals surface area (Å²) in [4.78, 5) is 0. The Morgan fingerprint density at radius 1 is 0.600 bits per heavy atom. The molecule has 0 spiro atoms. The van der Waals surface area contributed by atoms with Gasteiger partial charge in [-0.3, -0.25) is 0 Å². The molecular formula is C32H43O2P. The maximum Gasteiger partial charge on any atom is 0.123 e. The van der Waals surface area contributed by atoms with Crippen molar-refractivity contribution in [3.63, 3.8) is 0 Å². The molecule has 35 heavy (non-hydrogen) atoms. The normalized spacial score (nSPS) is 12.7. The summed E-state index contributed by atoms with van der Waals surface area (Å²) in [5.41, 5.74) is 4.80. The Morgan fingerprint density at radius 3 is 1.29 bits per heavy atom. The molecule has 0 radical (unpaired) electrons. The number of hydrogen-bond donors (Lipinski definition) is 2. The highest BCUT2D eigenvalue weighted by Crippen LogP contribution is 2.45. The predicted molar refractivity (Wildman–Crippen MR) is 154 cm³/mol. The molecule has 2 N–H and O–H groups in total. The van der Waals surface area contributed by atoms with Crippen LogP contribution in [0.15, 0.2) is 54.6 Å². The van der Waals surface area contributed by atoms with Crippen molar-refractivity contribution in [1.29, 1.82) is 0 Å². The first-order valence-electron chi connectivity index (χ1n) is 12.7. The lowest BCUT2D eigenvalue weighted by molar-refractivity contribution is 0.478. The van der Waals surface area contributed by atoms with E-state index < -0.39 is 7.92 Å². The molecule has 0 aliphatic heterocycles. The number of rotatable bonds is 5. The van der Waals surface area contributed by atoms with Crippen LogP contribution in [0.3, 0.4) is 0 Å². The Balaban J connectivity index is 2.51. The Morgan fingerprint density at radius 2 is 0.971 bits per heavy atom. The van der Waals surface area contributed by atoms with Gasteiger partial charge in [0.05, 0.1) is 0 Å². The summed E-state index contributed by atoms with van der Waals surface area (Å²) >= 11 is 0. The summed E-state index contributed by atoms with van der Waals surface area (Å²) < 4.78 is 0. The average molecular weight is 491 g/mol. The van der Waals surface area contributed by atoms with E-state index in [1.807, 2.05) is 24.3 Å². The lowest BCUT2D eigenvalue weighted by atomic mass is 9.87. The molecule has 0 atom stereocenters. The zero-order valence-corrected chi connectivity index (χ0v) is 24.1.